The van der Waals surface area contributed by atoms with Crippen molar-refractivity contribution in [2.75, 3.05) is 38.6 Å². The lowest BCUT2D eigenvalue weighted by molar-refractivity contribution is 0.0169. The topological polar surface area (TPSA) is 67.6 Å². The summed E-state index contributed by atoms with van der Waals surface area (Å²) in [7, 11) is 0. The minimum atomic E-state index is -0.0744. The Labute approximate surface area is 146 Å². The maximum atomic E-state index is 12.6. The molecule has 0 spiro atoms. The molecule has 5 nitrogen and oxygen atoms in total. The van der Waals surface area contributed by atoms with Crippen LogP contribution >= 0.6 is 11.3 Å². The van der Waals surface area contributed by atoms with Crippen LogP contribution in [0.25, 0.3) is 0 Å². The summed E-state index contributed by atoms with van der Waals surface area (Å²) in [6.07, 6.45) is 0. The van der Waals surface area contributed by atoms with Crippen LogP contribution < -0.4 is 11.1 Å². The van der Waals surface area contributed by atoms with Crippen LogP contribution in [0, 0.1) is 6.92 Å². The van der Waals surface area contributed by atoms with E-state index in [0.717, 1.165) is 31.9 Å². The lowest BCUT2D eigenvalue weighted by Crippen LogP contribution is -2.43. The van der Waals surface area contributed by atoms with Crippen LogP contribution in [0.1, 0.15) is 26.8 Å². The second-order valence-corrected chi connectivity index (χ2v) is 6.94. The van der Waals surface area contributed by atoms with Crippen LogP contribution in [0.15, 0.2) is 35.7 Å². The Morgan fingerprint density at radius 1 is 1.38 bits per heavy atom. The number of benzene rings is 1. The molecule has 128 valence electrons. The van der Waals surface area contributed by atoms with Gasteiger partial charge in [0, 0.05) is 35.8 Å². The zero-order valence-corrected chi connectivity index (χ0v) is 14.6. The predicted octanol–water partition coefficient (Wildman–Crippen LogP) is 2.44. The van der Waals surface area contributed by atoms with Gasteiger partial charge in [-0.15, -0.1) is 11.3 Å². The zero-order valence-electron chi connectivity index (χ0n) is 13.8. The van der Waals surface area contributed by atoms with E-state index in [0.29, 0.717) is 17.8 Å². The summed E-state index contributed by atoms with van der Waals surface area (Å²) >= 11 is 1.72. The number of nitrogens with two attached hydrogens (primary N) is 1. The SMILES string of the molecule is Cc1ccc(N)cc1C(=O)NCC(c1cccs1)N1CCOCC1. The number of aryl methyl sites for hydroxylation is 1. The standard InChI is InChI=1S/C18H23N3O2S/c1-13-4-5-14(19)11-15(13)18(22)20-12-16(17-3-2-10-24-17)21-6-8-23-9-7-21/h2-5,10-11,16H,6-9,12,19H2,1H3,(H,20,22). The number of thiophene rings is 1. The van der Waals surface area contributed by atoms with E-state index >= 15 is 0 Å². The fourth-order valence-corrected chi connectivity index (χ4v) is 3.81. The highest BCUT2D eigenvalue weighted by molar-refractivity contribution is 7.10. The first-order chi connectivity index (χ1) is 11.6. The van der Waals surface area contributed by atoms with Crippen molar-refractivity contribution in [1.82, 2.24) is 10.2 Å². The van der Waals surface area contributed by atoms with E-state index < -0.39 is 0 Å². The molecule has 0 radical (unpaired) electrons. The lowest BCUT2D eigenvalue weighted by Gasteiger charge is -2.34. The summed E-state index contributed by atoms with van der Waals surface area (Å²) in [6.45, 7) is 5.75. The highest BCUT2D eigenvalue weighted by atomic mass is 32.1. The Bertz CT molecular complexity index is 682. The first kappa shape index (κ1) is 17.0. The molecule has 1 aromatic carbocycles. The van der Waals surface area contributed by atoms with Gasteiger partial charge in [-0.25, -0.2) is 0 Å². The van der Waals surface area contributed by atoms with Gasteiger partial charge in [-0.3, -0.25) is 9.69 Å². The minimum absolute atomic E-state index is 0.0744. The molecular formula is C18H23N3O2S. The first-order valence-electron chi connectivity index (χ1n) is 8.14. The van der Waals surface area contributed by atoms with Crippen LogP contribution in [-0.4, -0.2) is 43.7 Å². The molecule has 6 heteroatoms. The third-order valence-corrected chi connectivity index (χ3v) is 5.29. The van der Waals surface area contributed by atoms with E-state index in [-0.39, 0.29) is 11.9 Å². The zero-order chi connectivity index (χ0) is 16.9. The molecule has 1 aromatic heterocycles. The molecule has 1 atom stereocenters. The quantitative estimate of drug-likeness (QED) is 0.817. The van der Waals surface area contributed by atoms with Gasteiger partial charge in [-0.05, 0) is 36.1 Å². The number of nitrogen functional groups attached to an aromatic ring is 1. The molecule has 1 amide bonds. The number of carbonyl (C=O) groups is 1. The Morgan fingerprint density at radius 3 is 2.88 bits per heavy atom. The van der Waals surface area contributed by atoms with Crippen molar-refractivity contribution in [2.45, 2.75) is 13.0 Å². The molecule has 0 bridgehead atoms. The van der Waals surface area contributed by atoms with Crippen molar-refractivity contribution in [3.63, 3.8) is 0 Å². The highest BCUT2D eigenvalue weighted by Crippen LogP contribution is 2.25. The number of anilines is 1. The van der Waals surface area contributed by atoms with E-state index in [1.807, 2.05) is 19.1 Å². The van der Waals surface area contributed by atoms with Crippen molar-refractivity contribution in [3.8, 4) is 0 Å². The summed E-state index contributed by atoms with van der Waals surface area (Å²) in [6, 6.07) is 9.79. The van der Waals surface area contributed by atoms with E-state index in [1.165, 1.54) is 4.88 Å². The maximum Gasteiger partial charge on any atom is 0.251 e. The van der Waals surface area contributed by atoms with Gasteiger partial charge in [0.2, 0.25) is 0 Å². The Kier molecular flexibility index (Phi) is 5.50. The van der Waals surface area contributed by atoms with Crippen LogP contribution in [0.2, 0.25) is 0 Å². The number of nitrogens with one attached hydrogen (secondary N) is 1. The molecule has 1 aliphatic heterocycles. The van der Waals surface area contributed by atoms with Crippen molar-refractivity contribution in [3.05, 3.63) is 51.7 Å². The summed E-state index contributed by atoms with van der Waals surface area (Å²) < 4.78 is 5.45. The smallest absolute Gasteiger partial charge is 0.251 e. The van der Waals surface area contributed by atoms with Crippen molar-refractivity contribution < 1.29 is 9.53 Å². The van der Waals surface area contributed by atoms with Gasteiger partial charge < -0.3 is 15.8 Å². The predicted molar refractivity (Wildman–Crippen MR) is 97.4 cm³/mol. The molecular weight excluding hydrogens is 322 g/mol. The first-order valence-corrected chi connectivity index (χ1v) is 9.02. The molecule has 1 saturated heterocycles. The Morgan fingerprint density at radius 2 is 2.17 bits per heavy atom. The van der Waals surface area contributed by atoms with Crippen LogP contribution in [0.4, 0.5) is 5.69 Å². The van der Waals surface area contributed by atoms with Gasteiger partial charge in [-0.1, -0.05) is 12.1 Å². The largest absolute Gasteiger partial charge is 0.399 e. The molecule has 2 heterocycles. The maximum absolute atomic E-state index is 12.6. The molecule has 3 rings (SSSR count). The third-order valence-electron chi connectivity index (χ3n) is 4.32. The molecule has 3 N–H and O–H groups in total. The lowest BCUT2D eigenvalue weighted by atomic mass is 10.1. The number of hydrogen-bond donors (Lipinski definition) is 2. The fourth-order valence-electron chi connectivity index (χ4n) is 2.95. The number of carbonyl (C=O) groups excluding carboxylic acids is 1. The van der Waals surface area contributed by atoms with Crippen LogP contribution in [0.5, 0.6) is 0 Å². The number of nitrogens with zero attached hydrogens (tertiary/aromatic N) is 1. The van der Waals surface area contributed by atoms with Gasteiger partial charge in [-0.2, -0.15) is 0 Å². The summed E-state index contributed by atoms with van der Waals surface area (Å²) in [5.74, 6) is -0.0744. The number of morpholine rings is 1. The average molecular weight is 345 g/mol. The normalized spacial score (nSPS) is 16.7. The molecule has 2 aromatic rings. The number of amides is 1. The Hall–Kier alpha value is -1.89. The Balaban J connectivity index is 1.71. The molecule has 24 heavy (non-hydrogen) atoms. The van der Waals surface area contributed by atoms with E-state index in [2.05, 4.69) is 27.7 Å². The summed E-state index contributed by atoms with van der Waals surface area (Å²) in [5.41, 5.74) is 7.99. The number of ether oxygens (including phenoxy) is 1. The van der Waals surface area contributed by atoms with Crippen LogP contribution in [-0.2, 0) is 4.74 Å². The number of rotatable bonds is 5. The van der Waals surface area contributed by atoms with Gasteiger partial charge in [0.15, 0.2) is 0 Å². The van der Waals surface area contributed by atoms with E-state index in [4.69, 9.17) is 10.5 Å². The van der Waals surface area contributed by atoms with E-state index in [1.54, 1.807) is 17.4 Å². The number of hydrogen-bond acceptors (Lipinski definition) is 5. The second-order valence-electron chi connectivity index (χ2n) is 5.96. The molecule has 0 saturated carbocycles. The monoisotopic (exact) mass is 345 g/mol. The average Bonchev–Trinajstić information content (AvgIpc) is 3.12. The minimum Gasteiger partial charge on any atom is -0.399 e. The fraction of sp³-hybridized carbons (Fsp3) is 0.389. The van der Waals surface area contributed by atoms with Crippen molar-refractivity contribution >= 4 is 22.9 Å². The van der Waals surface area contributed by atoms with Gasteiger partial charge in [0.05, 0.1) is 19.3 Å². The molecule has 0 aliphatic carbocycles. The van der Waals surface area contributed by atoms with E-state index in [9.17, 15) is 4.79 Å². The highest BCUT2D eigenvalue weighted by Gasteiger charge is 2.24. The van der Waals surface area contributed by atoms with Crippen molar-refractivity contribution in [1.29, 1.82) is 0 Å². The molecule has 1 aliphatic rings. The van der Waals surface area contributed by atoms with Crippen LogP contribution in [0.3, 0.4) is 0 Å². The molecule has 1 fully saturated rings. The third kappa shape index (κ3) is 3.95. The van der Waals surface area contributed by atoms with Gasteiger partial charge in [0.25, 0.3) is 5.91 Å². The van der Waals surface area contributed by atoms with Gasteiger partial charge in [0.1, 0.15) is 0 Å². The second kappa shape index (κ2) is 7.79. The summed E-state index contributed by atoms with van der Waals surface area (Å²) in [5, 5.41) is 5.16. The van der Waals surface area contributed by atoms with Gasteiger partial charge >= 0.3 is 0 Å². The summed E-state index contributed by atoms with van der Waals surface area (Å²) in [4.78, 5) is 16.2. The molecule has 1 unspecified atom stereocenters. The van der Waals surface area contributed by atoms with Crippen molar-refractivity contribution in [2.24, 2.45) is 0 Å².